The number of phenolic OH excluding ortho intramolecular Hbond substituents is 1. The molecule has 2 aromatic carbocycles. The van der Waals surface area contributed by atoms with E-state index in [4.69, 9.17) is 33.8 Å². The largest absolute Gasteiger partial charge is 0.508 e. The molecule has 47 nitrogen and oxygen atoms in total. The number of aliphatic hydroxyl groups is 2. The number of rotatable bonds is 59. The van der Waals surface area contributed by atoms with Crippen LogP contribution >= 0.6 is 0 Å². The second-order valence-corrected chi connectivity index (χ2v) is 29.9. The minimum absolute atomic E-state index is 0.0490. The standard InChI is InChI=1S/C77H119N23O24/c1-39(2)31-52(69(117)88-41(5)62(110)97-55(75(123)124)34-44-35-84-38-87-44)94-66(114)49(22-25-58(104)105)92-70(118)53(33-43-18-20-45(103)21-19-43)95-71(119)54(32-42-13-7-6-8-14-42)96-74(122)61(40(3)4)100-68(116)51(24-27-60(108)109)93-73(121)57(37-102)99-67(115)50(23-26-59(106)107)91-64(112)47(16-9-10-28-78)90-72(120)56(36-101)98-65(113)48(17-12-30-86-77(82)83)89-63(111)46(79)15-11-29-85-76(80)81/h6-8,13-14,18-21,35,38-41,46-57,61,101-103H,9-12,15-17,22-34,36-37,78-79H2,1-5H3,(H,84,87)(H,88,117)(H,89,111)(H,90,120)(H,91,112)(H,92,118)(H,93,121)(H,94,114)(H,95,119)(H,96,122)(H,97,110)(H,98,113)(H,99,115)(H,100,116)(H,104,105)(H,106,107)(H,108,109)(H,123,124)(H4,80,81,85)(H4,82,83,86)/t41-,46-,47-,48-,49-,50-,51-,52-,53-,54-,55-,56-,57-,61-/m0/s1. The Morgan fingerprint density at radius 2 is 0.782 bits per heavy atom. The summed E-state index contributed by atoms with van der Waals surface area (Å²) in [5.74, 6) is -22.5. The lowest BCUT2D eigenvalue weighted by Gasteiger charge is -2.29. The smallest absolute Gasteiger partial charge is 0.326 e. The number of carboxylic acid groups (broad SMARTS) is 4. The number of phenols is 1. The molecule has 124 heavy (non-hydrogen) atoms. The molecule has 1 heterocycles. The van der Waals surface area contributed by atoms with Gasteiger partial charge in [0.1, 0.15) is 84.3 Å². The average molecular weight is 1750 g/mol. The van der Waals surface area contributed by atoms with Gasteiger partial charge in [0, 0.05) is 57.8 Å². The van der Waals surface area contributed by atoms with E-state index in [1.165, 1.54) is 57.6 Å². The molecule has 0 aliphatic carbocycles. The quantitative estimate of drug-likeness (QED) is 0.0142. The van der Waals surface area contributed by atoms with Gasteiger partial charge in [0.15, 0.2) is 11.9 Å². The molecule has 0 spiro atoms. The number of carboxylic acids is 4. The molecule has 3 rings (SSSR count). The van der Waals surface area contributed by atoms with Gasteiger partial charge in [-0.1, -0.05) is 70.2 Å². The van der Waals surface area contributed by atoms with Gasteiger partial charge in [0.25, 0.3) is 0 Å². The Morgan fingerprint density at radius 1 is 0.411 bits per heavy atom. The fraction of sp³-hybridized carbons (Fsp3) is 0.558. The summed E-state index contributed by atoms with van der Waals surface area (Å²) in [5, 5.41) is 122. The Balaban J connectivity index is 1.96. The van der Waals surface area contributed by atoms with Crippen LogP contribution in [0.1, 0.15) is 141 Å². The average Bonchev–Trinajstić information content (AvgIpc) is 1.72. The van der Waals surface area contributed by atoms with Crippen molar-refractivity contribution in [2.24, 2.45) is 34.8 Å². The lowest BCUT2D eigenvalue weighted by atomic mass is 9.99. The van der Waals surface area contributed by atoms with Gasteiger partial charge < -0.3 is 143 Å². The topological polar surface area (TPSA) is 793 Å². The number of unbranched alkanes of at least 4 members (excludes halogenated alkanes) is 1. The predicted molar refractivity (Wildman–Crippen MR) is 441 cm³/mol. The van der Waals surface area contributed by atoms with Gasteiger partial charge in [-0.3, -0.25) is 87.5 Å². The van der Waals surface area contributed by atoms with Crippen molar-refractivity contribution in [3.8, 4) is 5.75 Å². The second-order valence-electron chi connectivity index (χ2n) is 29.9. The van der Waals surface area contributed by atoms with E-state index in [1.54, 1.807) is 44.2 Å². The normalized spacial score (nSPS) is 14.4. The van der Waals surface area contributed by atoms with Gasteiger partial charge in [0.2, 0.25) is 76.8 Å². The summed E-state index contributed by atoms with van der Waals surface area (Å²) >= 11 is 0. The number of aromatic amines is 1. The molecule has 47 heteroatoms. The molecule has 13 amide bonds. The number of aromatic nitrogens is 2. The van der Waals surface area contributed by atoms with E-state index < -0.39 is 255 Å². The lowest BCUT2D eigenvalue weighted by molar-refractivity contribution is -0.142. The zero-order chi connectivity index (χ0) is 92.9. The van der Waals surface area contributed by atoms with Crippen LogP contribution in [0.2, 0.25) is 0 Å². The number of nitrogens with one attached hydrogen (secondary N) is 18. The molecule has 3 aromatic rings. The maximum absolute atomic E-state index is 15.0. The van der Waals surface area contributed by atoms with Gasteiger partial charge in [-0.2, -0.15) is 0 Å². The molecular formula is C77H119N23O24. The Hall–Kier alpha value is -13.2. The third kappa shape index (κ3) is 40.0. The van der Waals surface area contributed by atoms with Crippen LogP contribution in [0.4, 0.5) is 0 Å². The summed E-state index contributed by atoms with van der Waals surface area (Å²) in [7, 11) is 0. The number of aliphatic carboxylic acids is 4. The lowest BCUT2D eigenvalue weighted by Crippen LogP contribution is -2.62. The van der Waals surface area contributed by atoms with E-state index in [9.17, 15) is 117 Å². The number of aliphatic hydroxyl groups excluding tert-OH is 2. The fourth-order valence-corrected chi connectivity index (χ4v) is 12.1. The number of benzene rings is 2. The van der Waals surface area contributed by atoms with Crippen LogP contribution in [0.5, 0.6) is 5.75 Å². The first kappa shape index (κ1) is 105. The fourth-order valence-electron chi connectivity index (χ4n) is 12.1. The first-order chi connectivity index (χ1) is 58.6. The molecule has 0 bridgehead atoms. The van der Waals surface area contributed by atoms with E-state index in [-0.39, 0.29) is 107 Å². The minimum Gasteiger partial charge on any atom is -0.508 e. The number of nitrogens with zero attached hydrogens (tertiary/aromatic N) is 1. The van der Waals surface area contributed by atoms with E-state index in [2.05, 4.69) is 89.7 Å². The van der Waals surface area contributed by atoms with E-state index in [1.807, 2.05) is 0 Å². The number of H-pyrrole nitrogens is 1. The Morgan fingerprint density at radius 3 is 1.19 bits per heavy atom. The second kappa shape index (κ2) is 55.0. The predicted octanol–water partition coefficient (Wildman–Crippen LogP) is -7.19. The van der Waals surface area contributed by atoms with Crippen LogP contribution in [0.15, 0.2) is 67.1 Å². The number of imidazole rings is 1. The van der Waals surface area contributed by atoms with Crippen molar-refractivity contribution in [2.75, 3.05) is 32.8 Å². The van der Waals surface area contributed by atoms with E-state index >= 15 is 0 Å². The molecule has 1 aromatic heterocycles. The maximum atomic E-state index is 15.0. The summed E-state index contributed by atoms with van der Waals surface area (Å²) in [6, 6.07) is -10.0. The molecule has 33 N–H and O–H groups in total. The summed E-state index contributed by atoms with van der Waals surface area (Å²) in [6.45, 7) is 5.43. The van der Waals surface area contributed by atoms with Crippen LogP contribution in [0.3, 0.4) is 0 Å². The number of hydrogen-bond acceptors (Lipinski definition) is 25. The number of amides is 13. The third-order valence-electron chi connectivity index (χ3n) is 18.9. The van der Waals surface area contributed by atoms with Crippen molar-refractivity contribution < 1.29 is 117 Å². The van der Waals surface area contributed by atoms with Crippen LogP contribution < -0.4 is 103 Å². The maximum Gasteiger partial charge on any atom is 0.326 e. The highest BCUT2D eigenvalue weighted by Crippen LogP contribution is 2.17. The molecule has 14 atom stereocenters. The number of carbonyl (C=O) groups is 17. The molecule has 686 valence electrons. The summed E-state index contributed by atoms with van der Waals surface area (Å²) in [6.07, 6.45) is -2.46. The molecule has 0 saturated heterocycles. The van der Waals surface area contributed by atoms with Crippen LogP contribution in [-0.2, 0) is 101 Å². The molecule has 0 fully saturated rings. The van der Waals surface area contributed by atoms with Gasteiger partial charge in [-0.05, 0) is 119 Å². The minimum atomic E-state index is -2.09. The van der Waals surface area contributed by atoms with Crippen molar-refractivity contribution >= 4 is 113 Å². The van der Waals surface area contributed by atoms with Crippen molar-refractivity contribution in [3.05, 3.63) is 83.9 Å². The van der Waals surface area contributed by atoms with E-state index in [0.717, 1.165) is 0 Å². The molecule has 0 aliphatic rings. The zero-order valence-corrected chi connectivity index (χ0v) is 69.5. The van der Waals surface area contributed by atoms with Gasteiger partial charge in [0.05, 0.1) is 31.3 Å². The first-order valence-corrected chi connectivity index (χ1v) is 40.0. The molecule has 0 saturated carbocycles. The third-order valence-corrected chi connectivity index (χ3v) is 18.9. The van der Waals surface area contributed by atoms with Crippen LogP contribution in [-0.4, -0.2) is 276 Å². The highest BCUT2D eigenvalue weighted by Gasteiger charge is 2.39. The summed E-state index contributed by atoms with van der Waals surface area (Å²) in [4.78, 5) is 239. The van der Waals surface area contributed by atoms with Crippen molar-refractivity contribution in [1.82, 2.24) is 89.7 Å². The number of aromatic hydroxyl groups is 1. The van der Waals surface area contributed by atoms with Crippen molar-refractivity contribution in [2.45, 2.75) is 228 Å². The molecule has 0 unspecified atom stereocenters. The van der Waals surface area contributed by atoms with Crippen molar-refractivity contribution in [3.63, 3.8) is 0 Å². The zero-order valence-electron chi connectivity index (χ0n) is 69.5. The van der Waals surface area contributed by atoms with Crippen molar-refractivity contribution in [1.29, 1.82) is 10.8 Å². The first-order valence-electron chi connectivity index (χ1n) is 40.0. The van der Waals surface area contributed by atoms with Gasteiger partial charge in [-0.15, -0.1) is 0 Å². The molecule has 0 radical (unpaired) electrons. The number of guanidine groups is 2. The SMILES string of the molecule is CC(C)C[C@H](NC(=O)[C@H](CCC(=O)O)NC(=O)[C@H](Cc1ccc(O)cc1)NC(=O)[C@H](Cc1ccccc1)NC(=O)[C@@H](NC(=O)[C@H](CCC(=O)O)NC(=O)[C@H](CO)NC(=O)[C@H](CCC(=O)O)NC(=O)[C@H](CCCCN)NC(=O)[C@H](CO)NC(=O)[C@H](CCCNC(=N)N)NC(=O)[C@@H](N)CCCNC(=N)N)C(C)C)C(=O)N[C@@H](C)C(=O)N[C@@H](Cc1c[nH]cn1)C(=O)O. The Kier molecular flexibility index (Phi) is 46.5. The monoisotopic (exact) mass is 1750 g/mol. The van der Waals surface area contributed by atoms with Gasteiger partial charge in [-0.25, -0.2) is 9.78 Å². The Bertz CT molecular complexity index is 4090. The molecule has 0 aliphatic heterocycles. The number of nitrogens with two attached hydrogens (primary N) is 4. The summed E-state index contributed by atoms with van der Waals surface area (Å²) in [5.41, 5.74) is 23.5. The highest BCUT2D eigenvalue weighted by molar-refractivity contribution is 6.01. The highest BCUT2D eigenvalue weighted by atomic mass is 16.4. The molecular weight excluding hydrogens is 1630 g/mol. The number of carbonyl (C=O) groups excluding carboxylic acids is 13. The van der Waals surface area contributed by atoms with E-state index in [0.29, 0.717) is 11.3 Å². The van der Waals surface area contributed by atoms with Crippen LogP contribution in [0.25, 0.3) is 0 Å². The Labute approximate surface area is 713 Å². The van der Waals surface area contributed by atoms with Crippen LogP contribution in [0, 0.1) is 22.7 Å². The van der Waals surface area contributed by atoms with Gasteiger partial charge >= 0.3 is 23.9 Å². The number of hydrogen-bond donors (Lipinski definition) is 29. The summed E-state index contributed by atoms with van der Waals surface area (Å²) < 4.78 is 0.